The van der Waals surface area contributed by atoms with Gasteiger partial charge in [0.1, 0.15) is 11.5 Å². The molecule has 0 fully saturated rings. The maximum absolute atomic E-state index is 13.0. The first-order chi connectivity index (χ1) is 11.2. The second-order valence-electron chi connectivity index (χ2n) is 5.37. The first-order valence-electron chi connectivity index (χ1n) is 7.26. The van der Waals surface area contributed by atoms with E-state index in [9.17, 15) is 4.39 Å². The average molecular weight is 304 g/mol. The van der Waals surface area contributed by atoms with Crippen molar-refractivity contribution in [1.82, 2.24) is 20.0 Å². The van der Waals surface area contributed by atoms with Gasteiger partial charge in [-0.2, -0.15) is 0 Å². The van der Waals surface area contributed by atoms with Crippen LogP contribution in [0.25, 0.3) is 28.0 Å². The summed E-state index contributed by atoms with van der Waals surface area (Å²) in [6.45, 7) is 2.01. The number of para-hydroxylation sites is 1. The van der Waals surface area contributed by atoms with E-state index in [1.54, 1.807) is 23.0 Å². The highest BCUT2D eigenvalue weighted by Gasteiger charge is 2.11. The van der Waals surface area contributed by atoms with E-state index in [0.717, 1.165) is 27.8 Å². The Kier molecular flexibility index (Phi) is 3.12. The van der Waals surface area contributed by atoms with E-state index in [1.165, 1.54) is 12.1 Å². The highest BCUT2D eigenvalue weighted by atomic mass is 19.1. The highest BCUT2D eigenvalue weighted by molar-refractivity contribution is 5.82. The lowest BCUT2D eigenvalue weighted by molar-refractivity contribution is 0.626. The van der Waals surface area contributed by atoms with E-state index in [-0.39, 0.29) is 5.82 Å². The molecule has 4 rings (SSSR count). The lowest BCUT2D eigenvalue weighted by Gasteiger charge is -2.04. The van der Waals surface area contributed by atoms with Crippen LogP contribution in [0.4, 0.5) is 4.39 Å². The molecule has 0 aliphatic rings. The first-order valence-corrected chi connectivity index (χ1v) is 7.26. The normalized spacial score (nSPS) is 11.0. The van der Waals surface area contributed by atoms with Crippen molar-refractivity contribution in [2.24, 2.45) is 0 Å². The van der Waals surface area contributed by atoms with Crippen molar-refractivity contribution in [2.45, 2.75) is 6.92 Å². The van der Waals surface area contributed by atoms with Crippen LogP contribution in [0.2, 0.25) is 0 Å². The predicted octanol–water partition coefficient (Wildman–Crippen LogP) is 3.93. The van der Waals surface area contributed by atoms with Crippen LogP contribution in [0.15, 0.2) is 60.8 Å². The SMILES string of the molecule is Cc1cc2ccccc2nc1-c1cn(-c2ccc(F)cc2)nn1. The summed E-state index contributed by atoms with van der Waals surface area (Å²) in [6, 6.07) is 16.2. The molecule has 0 atom stereocenters. The van der Waals surface area contributed by atoms with Gasteiger partial charge in [-0.3, -0.25) is 0 Å². The monoisotopic (exact) mass is 304 g/mol. The fourth-order valence-corrected chi connectivity index (χ4v) is 2.57. The Hall–Kier alpha value is -3.08. The molecule has 2 aromatic heterocycles. The molecule has 0 saturated carbocycles. The Morgan fingerprint density at radius 3 is 2.61 bits per heavy atom. The number of nitrogens with zero attached hydrogens (tertiary/aromatic N) is 4. The van der Waals surface area contributed by atoms with Gasteiger partial charge < -0.3 is 0 Å². The molecule has 0 spiro atoms. The number of halogens is 1. The molecule has 5 heteroatoms. The Bertz CT molecular complexity index is 990. The summed E-state index contributed by atoms with van der Waals surface area (Å²) >= 11 is 0. The van der Waals surface area contributed by atoms with Gasteiger partial charge in [-0.05, 0) is 48.9 Å². The zero-order chi connectivity index (χ0) is 15.8. The predicted molar refractivity (Wildman–Crippen MR) is 86.8 cm³/mol. The van der Waals surface area contributed by atoms with Crippen molar-refractivity contribution >= 4 is 10.9 Å². The van der Waals surface area contributed by atoms with Gasteiger partial charge in [-0.1, -0.05) is 23.4 Å². The summed E-state index contributed by atoms with van der Waals surface area (Å²) in [4.78, 5) is 4.69. The third-order valence-electron chi connectivity index (χ3n) is 3.74. The summed E-state index contributed by atoms with van der Waals surface area (Å²) in [6.07, 6.45) is 1.80. The van der Waals surface area contributed by atoms with Crippen LogP contribution in [0.5, 0.6) is 0 Å². The van der Waals surface area contributed by atoms with Crippen LogP contribution >= 0.6 is 0 Å². The number of aryl methyl sites for hydroxylation is 1. The fourth-order valence-electron chi connectivity index (χ4n) is 2.57. The smallest absolute Gasteiger partial charge is 0.132 e. The summed E-state index contributed by atoms with van der Waals surface area (Å²) in [5.74, 6) is -0.277. The number of hydrogen-bond donors (Lipinski definition) is 0. The molecule has 0 saturated heterocycles. The molecular weight excluding hydrogens is 291 g/mol. The van der Waals surface area contributed by atoms with Crippen molar-refractivity contribution in [1.29, 1.82) is 0 Å². The number of pyridine rings is 1. The van der Waals surface area contributed by atoms with Crippen molar-refractivity contribution < 1.29 is 4.39 Å². The van der Waals surface area contributed by atoms with Crippen LogP contribution < -0.4 is 0 Å². The minimum Gasteiger partial charge on any atom is -0.246 e. The second-order valence-corrected chi connectivity index (χ2v) is 5.37. The number of fused-ring (bicyclic) bond motifs is 1. The molecule has 23 heavy (non-hydrogen) atoms. The van der Waals surface area contributed by atoms with E-state index < -0.39 is 0 Å². The molecule has 2 aromatic carbocycles. The van der Waals surface area contributed by atoms with Crippen LogP contribution in [0, 0.1) is 12.7 Å². The van der Waals surface area contributed by atoms with Gasteiger partial charge in [0.25, 0.3) is 0 Å². The topological polar surface area (TPSA) is 43.6 Å². The van der Waals surface area contributed by atoms with Crippen LogP contribution in [0.3, 0.4) is 0 Å². The summed E-state index contributed by atoms with van der Waals surface area (Å²) in [5, 5.41) is 9.42. The maximum Gasteiger partial charge on any atom is 0.132 e. The average Bonchev–Trinajstić information content (AvgIpc) is 3.04. The van der Waals surface area contributed by atoms with Gasteiger partial charge >= 0.3 is 0 Å². The number of hydrogen-bond acceptors (Lipinski definition) is 3. The fraction of sp³-hybridized carbons (Fsp3) is 0.0556. The van der Waals surface area contributed by atoms with Gasteiger partial charge in [0.05, 0.1) is 23.1 Å². The number of aromatic nitrogens is 4. The lowest BCUT2D eigenvalue weighted by Crippen LogP contribution is -1.94. The van der Waals surface area contributed by atoms with Crippen molar-refractivity contribution in [3.63, 3.8) is 0 Å². The Balaban J connectivity index is 1.79. The molecule has 0 bridgehead atoms. The Morgan fingerprint density at radius 1 is 1.00 bits per heavy atom. The molecule has 2 heterocycles. The van der Waals surface area contributed by atoms with Gasteiger partial charge in [0, 0.05) is 5.39 Å². The molecule has 4 aromatic rings. The second kappa shape index (κ2) is 5.28. The van der Waals surface area contributed by atoms with Crippen molar-refractivity contribution in [3.8, 4) is 17.1 Å². The standard InChI is InChI=1S/C18H13FN4/c1-12-10-13-4-2-3-5-16(13)20-18(12)17-11-23(22-21-17)15-8-6-14(19)7-9-15/h2-11H,1H3. The van der Waals surface area contributed by atoms with Crippen LogP contribution in [-0.4, -0.2) is 20.0 Å². The molecule has 112 valence electrons. The Labute approximate surface area is 132 Å². The van der Waals surface area contributed by atoms with Crippen LogP contribution in [0.1, 0.15) is 5.56 Å². The zero-order valence-corrected chi connectivity index (χ0v) is 12.4. The zero-order valence-electron chi connectivity index (χ0n) is 12.4. The molecule has 0 radical (unpaired) electrons. The summed E-state index contributed by atoms with van der Waals surface area (Å²) in [7, 11) is 0. The van der Waals surface area contributed by atoms with E-state index in [1.807, 2.05) is 31.2 Å². The largest absolute Gasteiger partial charge is 0.246 e. The van der Waals surface area contributed by atoms with Crippen molar-refractivity contribution in [3.05, 3.63) is 72.2 Å². The van der Waals surface area contributed by atoms with Gasteiger partial charge in [0.2, 0.25) is 0 Å². The number of rotatable bonds is 2. The summed E-state index contributed by atoms with van der Waals surface area (Å²) in [5.41, 5.74) is 4.21. The molecule has 0 unspecified atom stereocenters. The first kappa shape index (κ1) is 13.6. The maximum atomic E-state index is 13.0. The van der Waals surface area contributed by atoms with E-state index >= 15 is 0 Å². The summed E-state index contributed by atoms with van der Waals surface area (Å²) < 4.78 is 14.6. The Morgan fingerprint density at radius 2 is 1.78 bits per heavy atom. The minimum absolute atomic E-state index is 0.277. The van der Waals surface area contributed by atoms with E-state index in [0.29, 0.717) is 5.69 Å². The quantitative estimate of drug-likeness (QED) is 0.563. The van der Waals surface area contributed by atoms with Gasteiger partial charge in [-0.25, -0.2) is 14.1 Å². The van der Waals surface area contributed by atoms with E-state index in [2.05, 4.69) is 16.4 Å². The van der Waals surface area contributed by atoms with Gasteiger partial charge in [0.15, 0.2) is 0 Å². The third kappa shape index (κ3) is 2.46. The molecule has 0 aliphatic carbocycles. The third-order valence-corrected chi connectivity index (χ3v) is 3.74. The molecular formula is C18H13FN4. The molecule has 4 nitrogen and oxygen atoms in total. The highest BCUT2D eigenvalue weighted by Crippen LogP contribution is 2.24. The minimum atomic E-state index is -0.277. The van der Waals surface area contributed by atoms with E-state index in [4.69, 9.17) is 4.98 Å². The van der Waals surface area contributed by atoms with Crippen molar-refractivity contribution in [2.75, 3.05) is 0 Å². The lowest BCUT2D eigenvalue weighted by atomic mass is 10.1. The van der Waals surface area contributed by atoms with Crippen LogP contribution in [-0.2, 0) is 0 Å². The van der Waals surface area contributed by atoms with Gasteiger partial charge in [-0.15, -0.1) is 5.10 Å². The molecule has 0 amide bonds. The number of benzene rings is 2. The molecule has 0 aliphatic heterocycles. The molecule has 0 N–H and O–H groups in total.